The van der Waals surface area contributed by atoms with E-state index < -0.39 is 0 Å². The summed E-state index contributed by atoms with van der Waals surface area (Å²) in [6.07, 6.45) is 0. The van der Waals surface area contributed by atoms with E-state index in [0.29, 0.717) is 5.02 Å². The second kappa shape index (κ2) is 8.59. The van der Waals surface area contributed by atoms with Crippen molar-refractivity contribution in [3.05, 3.63) is 58.6 Å². The molecule has 0 spiro atoms. The average molecular weight is 401 g/mol. The molecule has 1 heterocycles. The molecule has 0 saturated carbocycles. The molecule has 0 aliphatic rings. The van der Waals surface area contributed by atoms with Gasteiger partial charge in [0.05, 0.1) is 5.75 Å². The van der Waals surface area contributed by atoms with Crippen LogP contribution in [0.25, 0.3) is 11.4 Å². The van der Waals surface area contributed by atoms with Gasteiger partial charge in [-0.25, -0.2) is 0 Å². The second-order valence-corrected chi connectivity index (χ2v) is 7.54. The van der Waals surface area contributed by atoms with Crippen molar-refractivity contribution >= 4 is 35.0 Å². The number of rotatable bonds is 6. The van der Waals surface area contributed by atoms with Gasteiger partial charge in [0.2, 0.25) is 5.91 Å². The Morgan fingerprint density at radius 3 is 2.67 bits per heavy atom. The van der Waals surface area contributed by atoms with Crippen molar-refractivity contribution in [1.82, 2.24) is 14.8 Å². The molecule has 0 aliphatic carbocycles. The molecule has 0 saturated heterocycles. The Bertz CT molecular complexity index is 970. The molecule has 0 bridgehead atoms. The molecule has 5 nitrogen and oxygen atoms in total. The third kappa shape index (κ3) is 4.51. The average Bonchev–Trinajstić information content (AvgIpc) is 3.06. The molecule has 0 radical (unpaired) electrons. The number of aromatic nitrogens is 3. The maximum Gasteiger partial charge on any atom is 0.234 e. The first-order chi connectivity index (χ1) is 13.0. The van der Waals surface area contributed by atoms with Gasteiger partial charge in [-0.2, -0.15) is 0 Å². The fourth-order valence-electron chi connectivity index (χ4n) is 2.75. The van der Waals surface area contributed by atoms with Crippen LogP contribution in [0.3, 0.4) is 0 Å². The van der Waals surface area contributed by atoms with E-state index in [0.717, 1.165) is 39.9 Å². The molecule has 7 heteroatoms. The number of hydrogen-bond acceptors (Lipinski definition) is 4. The Morgan fingerprint density at radius 1 is 1.15 bits per heavy atom. The van der Waals surface area contributed by atoms with Crippen LogP contribution in [0, 0.1) is 13.8 Å². The zero-order valence-corrected chi connectivity index (χ0v) is 17.1. The number of carbonyl (C=O) groups excluding carboxylic acids is 1. The Morgan fingerprint density at radius 2 is 1.93 bits per heavy atom. The Kier molecular flexibility index (Phi) is 6.19. The Labute approximate surface area is 168 Å². The van der Waals surface area contributed by atoms with Crippen LogP contribution in [0.4, 0.5) is 5.69 Å². The van der Waals surface area contributed by atoms with Gasteiger partial charge in [-0.3, -0.25) is 4.79 Å². The van der Waals surface area contributed by atoms with E-state index in [1.165, 1.54) is 11.8 Å². The minimum Gasteiger partial charge on any atom is -0.325 e. The van der Waals surface area contributed by atoms with E-state index in [1.54, 1.807) is 12.1 Å². The lowest BCUT2D eigenvalue weighted by molar-refractivity contribution is -0.113. The summed E-state index contributed by atoms with van der Waals surface area (Å²) in [5.41, 5.74) is 3.89. The van der Waals surface area contributed by atoms with E-state index in [9.17, 15) is 4.79 Å². The van der Waals surface area contributed by atoms with Crippen LogP contribution in [0.1, 0.15) is 18.1 Å². The summed E-state index contributed by atoms with van der Waals surface area (Å²) >= 11 is 7.38. The fourth-order valence-corrected chi connectivity index (χ4v) is 3.72. The second-order valence-electron chi connectivity index (χ2n) is 6.16. The maximum absolute atomic E-state index is 12.3. The third-order valence-corrected chi connectivity index (χ3v) is 5.43. The molecule has 0 fully saturated rings. The van der Waals surface area contributed by atoms with Crippen molar-refractivity contribution in [2.75, 3.05) is 11.1 Å². The number of nitrogens with one attached hydrogen (secondary N) is 1. The summed E-state index contributed by atoms with van der Waals surface area (Å²) < 4.78 is 2.03. The van der Waals surface area contributed by atoms with Crippen molar-refractivity contribution in [2.45, 2.75) is 32.5 Å². The van der Waals surface area contributed by atoms with Gasteiger partial charge in [0, 0.05) is 22.8 Å². The summed E-state index contributed by atoms with van der Waals surface area (Å²) in [5, 5.41) is 12.9. The number of halogens is 1. The lowest BCUT2D eigenvalue weighted by atomic mass is 10.1. The van der Waals surface area contributed by atoms with E-state index in [2.05, 4.69) is 28.5 Å². The van der Waals surface area contributed by atoms with Gasteiger partial charge < -0.3 is 9.88 Å². The molecule has 140 valence electrons. The molecule has 0 aliphatic heterocycles. The van der Waals surface area contributed by atoms with Gasteiger partial charge >= 0.3 is 0 Å². The molecule has 27 heavy (non-hydrogen) atoms. The predicted molar refractivity (Wildman–Crippen MR) is 111 cm³/mol. The number of aryl methyl sites for hydroxylation is 2. The van der Waals surface area contributed by atoms with Gasteiger partial charge in [0.1, 0.15) is 0 Å². The minimum atomic E-state index is -0.103. The van der Waals surface area contributed by atoms with Gasteiger partial charge in [-0.05, 0) is 44.0 Å². The first-order valence-electron chi connectivity index (χ1n) is 8.67. The topological polar surface area (TPSA) is 59.8 Å². The third-order valence-electron chi connectivity index (χ3n) is 4.23. The molecular formula is C20H21ClN4OS. The number of amides is 1. The highest BCUT2D eigenvalue weighted by Crippen LogP contribution is 2.26. The number of thioether (sulfide) groups is 1. The summed E-state index contributed by atoms with van der Waals surface area (Å²) in [5.74, 6) is 0.968. The molecule has 3 rings (SSSR count). The molecule has 1 amide bonds. The van der Waals surface area contributed by atoms with Crippen LogP contribution < -0.4 is 5.32 Å². The zero-order chi connectivity index (χ0) is 19.4. The zero-order valence-electron chi connectivity index (χ0n) is 15.5. The molecule has 1 aromatic heterocycles. The van der Waals surface area contributed by atoms with Crippen LogP contribution in [0.5, 0.6) is 0 Å². The highest BCUT2D eigenvalue weighted by molar-refractivity contribution is 7.99. The molecule has 0 unspecified atom stereocenters. The summed E-state index contributed by atoms with van der Waals surface area (Å²) in [6.45, 7) is 6.76. The minimum absolute atomic E-state index is 0.103. The number of nitrogens with zero attached hydrogens (tertiary/aromatic N) is 3. The summed E-state index contributed by atoms with van der Waals surface area (Å²) in [6, 6.07) is 13.5. The van der Waals surface area contributed by atoms with E-state index in [-0.39, 0.29) is 11.7 Å². The SMILES string of the molecule is CCn1c(SCC(=O)Nc2cc(Cl)ccc2C)nnc1-c1ccccc1C. The predicted octanol–water partition coefficient (Wildman–Crippen LogP) is 4.97. The first-order valence-corrected chi connectivity index (χ1v) is 10.0. The normalized spacial score (nSPS) is 10.8. The van der Waals surface area contributed by atoms with Crippen LogP contribution >= 0.6 is 23.4 Å². The van der Waals surface area contributed by atoms with E-state index in [4.69, 9.17) is 11.6 Å². The van der Waals surface area contributed by atoms with Crippen LogP contribution in [-0.4, -0.2) is 26.4 Å². The van der Waals surface area contributed by atoms with Gasteiger partial charge in [-0.15, -0.1) is 10.2 Å². The van der Waals surface area contributed by atoms with Gasteiger partial charge in [0.25, 0.3) is 0 Å². The molecule has 3 aromatic rings. The highest BCUT2D eigenvalue weighted by atomic mass is 35.5. The Hall–Kier alpha value is -2.31. The summed E-state index contributed by atoms with van der Waals surface area (Å²) in [4.78, 5) is 12.3. The smallest absolute Gasteiger partial charge is 0.234 e. The monoisotopic (exact) mass is 400 g/mol. The fraction of sp³-hybridized carbons (Fsp3) is 0.250. The Balaban J connectivity index is 1.72. The number of carbonyl (C=O) groups is 1. The van der Waals surface area contributed by atoms with Crippen LogP contribution in [0.15, 0.2) is 47.6 Å². The first kappa shape index (κ1) is 19.5. The summed E-state index contributed by atoms with van der Waals surface area (Å²) in [7, 11) is 0. The number of hydrogen-bond donors (Lipinski definition) is 1. The number of benzene rings is 2. The highest BCUT2D eigenvalue weighted by Gasteiger charge is 2.16. The van der Waals surface area contributed by atoms with Crippen molar-refractivity contribution in [2.24, 2.45) is 0 Å². The lowest BCUT2D eigenvalue weighted by Gasteiger charge is -2.10. The van der Waals surface area contributed by atoms with Crippen molar-refractivity contribution in [1.29, 1.82) is 0 Å². The lowest BCUT2D eigenvalue weighted by Crippen LogP contribution is -2.15. The van der Waals surface area contributed by atoms with E-state index >= 15 is 0 Å². The largest absolute Gasteiger partial charge is 0.325 e. The molecule has 1 N–H and O–H groups in total. The standard InChI is InChI=1S/C20H21ClN4OS/c1-4-25-19(16-8-6-5-7-13(16)2)23-24-20(25)27-12-18(26)22-17-11-15(21)10-9-14(17)3/h5-11H,4,12H2,1-3H3,(H,22,26). The quantitative estimate of drug-likeness (QED) is 0.593. The van der Waals surface area contributed by atoms with Gasteiger partial charge in [-0.1, -0.05) is 53.7 Å². The molecular weight excluding hydrogens is 380 g/mol. The maximum atomic E-state index is 12.3. The van der Waals surface area contributed by atoms with Crippen LogP contribution in [0.2, 0.25) is 5.02 Å². The van der Waals surface area contributed by atoms with Crippen molar-refractivity contribution in [3.8, 4) is 11.4 Å². The van der Waals surface area contributed by atoms with Gasteiger partial charge in [0.15, 0.2) is 11.0 Å². The van der Waals surface area contributed by atoms with Crippen LogP contribution in [-0.2, 0) is 11.3 Å². The molecule has 2 aromatic carbocycles. The van der Waals surface area contributed by atoms with Crippen molar-refractivity contribution in [3.63, 3.8) is 0 Å². The molecule has 0 atom stereocenters. The number of anilines is 1. The van der Waals surface area contributed by atoms with Crippen molar-refractivity contribution < 1.29 is 4.79 Å². The van der Waals surface area contributed by atoms with E-state index in [1.807, 2.05) is 42.7 Å².